The number of hydrogen-bond acceptors (Lipinski definition) is 7. The molecule has 13 nitrogen and oxygen atoms in total. The number of nitrogens with two attached hydrogens (primary N) is 2. The zero-order valence-corrected chi connectivity index (χ0v) is 30.9. The Balaban J connectivity index is 1.47. The predicted octanol–water partition coefficient (Wildman–Crippen LogP) is 1.69. The minimum atomic E-state index is -0.997. The van der Waals surface area contributed by atoms with Gasteiger partial charge in [0.15, 0.2) is 0 Å². The van der Waals surface area contributed by atoms with Gasteiger partial charge in [-0.05, 0) is 68.5 Å². The van der Waals surface area contributed by atoms with E-state index in [4.69, 9.17) is 11.5 Å². The van der Waals surface area contributed by atoms with Crippen molar-refractivity contribution in [3.63, 3.8) is 0 Å². The topological polar surface area (TPSA) is 192 Å². The van der Waals surface area contributed by atoms with E-state index in [0.717, 1.165) is 24.0 Å². The van der Waals surface area contributed by atoms with Crippen LogP contribution in [-0.2, 0) is 32.0 Å². The van der Waals surface area contributed by atoms with Gasteiger partial charge in [0.05, 0.1) is 6.04 Å². The molecule has 0 saturated carbocycles. The van der Waals surface area contributed by atoms with Crippen LogP contribution in [0, 0.1) is 11.3 Å². The third-order valence-electron chi connectivity index (χ3n) is 10.1. The Morgan fingerprint density at radius 3 is 1.87 bits per heavy atom. The summed E-state index contributed by atoms with van der Waals surface area (Å²) in [6.45, 7) is 6.66. The Bertz CT molecular complexity index is 1490. The van der Waals surface area contributed by atoms with Crippen molar-refractivity contribution in [2.45, 2.75) is 89.4 Å². The van der Waals surface area contributed by atoms with Crippen molar-refractivity contribution in [3.8, 4) is 0 Å². The Morgan fingerprint density at radius 1 is 0.731 bits per heavy atom. The predicted molar refractivity (Wildman–Crippen MR) is 201 cm³/mol. The molecule has 5 unspecified atom stereocenters. The summed E-state index contributed by atoms with van der Waals surface area (Å²) in [7, 11) is 1.61. The van der Waals surface area contributed by atoms with Gasteiger partial charge in [-0.3, -0.25) is 19.2 Å². The first kappa shape index (κ1) is 40.3. The van der Waals surface area contributed by atoms with Crippen LogP contribution >= 0.6 is 0 Å². The molecular formula is C39H58N8O5. The monoisotopic (exact) mass is 718 g/mol. The van der Waals surface area contributed by atoms with Crippen molar-refractivity contribution >= 4 is 29.7 Å². The quantitative estimate of drug-likeness (QED) is 0.134. The molecule has 8 N–H and O–H groups in total. The van der Waals surface area contributed by atoms with E-state index in [2.05, 4.69) is 21.3 Å². The lowest BCUT2D eigenvalue weighted by Gasteiger charge is -2.29. The van der Waals surface area contributed by atoms with Crippen LogP contribution in [0.15, 0.2) is 60.7 Å². The third kappa shape index (κ3) is 11.5. The lowest BCUT2D eigenvalue weighted by atomic mass is 9.86. The molecule has 2 heterocycles. The molecule has 4 rings (SSSR count). The van der Waals surface area contributed by atoms with Crippen LogP contribution in [0.2, 0.25) is 0 Å². The standard InChI is InChI=1S/C39H58N8O5/c1-27(2)22-32(45-36(50)33(24-29-14-8-5-9-15-29)44-34(48)30(41)23-28-12-6-4-7-13-28)35(49)43-31(16-10-11-19-40)37(51)46-20-17-39(25-46)18-21-47(26-39)38(52)42-3/h4-9,12-15,27,30-33H,10-11,16-26,40-41H2,1-3H3,(H,42,52)(H,43,49)(H,44,48)(H,45,50). The highest BCUT2D eigenvalue weighted by atomic mass is 16.2. The third-order valence-corrected chi connectivity index (χ3v) is 10.1. The first-order valence-electron chi connectivity index (χ1n) is 18.6. The van der Waals surface area contributed by atoms with Crippen LogP contribution in [0.1, 0.15) is 63.5 Å². The number of rotatable bonds is 17. The molecule has 2 aliphatic rings. The number of benzene rings is 2. The van der Waals surface area contributed by atoms with Gasteiger partial charge >= 0.3 is 6.03 Å². The molecule has 2 aliphatic heterocycles. The van der Waals surface area contributed by atoms with Crippen molar-refractivity contribution in [2.24, 2.45) is 22.8 Å². The summed E-state index contributed by atoms with van der Waals surface area (Å²) in [5, 5.41) is 11.4. The van der Waals surface area contributed by atoms with Gasteiger partial charge in [0.1, 0.15) is 18.1 Å². The number of carbonyl (C=O) groups is 5. The number of nitrogens with one attached hydrogen (secondary N) is 4. The second-order valence-electron chi connectivity index (χ2n) is 14.8. The highest BCUT2D eigenvalue weighted by Gasteiger charge is 2.47. The summed E-state index contributed by atoms with van der Waals surface area (Å²) >= 11 is 0. The molecule has 2 fully saturated rings. The molecule has 2 aromatic carbocycles. The molecule has 5 atom stereocenters. The first-order chi connectivity index (χ1) is 24.9. The van der Waals surface area contributed by atoms with Gasteiger partial charge < -0.3 is 42.5 Å². The van der Waals surface area contributed by atoms with Crippen LogP contribution in [0.5, 0.6) is 0 Å². The minimum absolute atomic E-state index is 0.0352. The average molecular weight is 719 g/mol. The zero-order chi connectivity index (χ0) is 37.7. The van der Waals surface area contributed by atoms with Crippen molar-refractivity contribution in [1.29, 1.82) is 0 Å². The van der Waals surface area contributed by atoms with Crippen LogP contribution < -0.4 is 32.7 Å². The van der Waals surface area contributed by atoms with E-state index >= 15 is 0 Å². The Morgan fingerprint density at radius 2 is 1.27 bits per heavy atom. The normalized spacial score (nSPS) is 19.2. The molecule has 2 saturated heterocycles. The van der Waals surface area contributed by atoms with E-state index in [1.807, 2.05) is 74.5 Å². The molecule has 0 radical (unpaired) electrons. The number of urea groups is 1. The Labute approximate surface area is 308 Å². The molecule has 52 heavy (non-hydrogen) atoms. The van der Waals surface area contributed by atoms with Crippen LogP contribution in [-0.4, -0.2) is 103 Å². The maximum absolute atomic E-state index is 14.0. The minimum Gasteiger partial charge on any atom is -0.343 e. The molecule has 13 heteroatoms. The molecule has 0 aliphatic carbocycles. The van der Waals surface area contributed by atoms with Gasteiger partial charge in [-0.1, -0.05) is 74.5 Å². The summed E-state index contributed by atoms with van der Waals surface area (Å²) < 4.78 is 0. The van der Waals surface area contributed by atoms with Gasteiger partial charge in [-0.25, -0.2) is 4.79 Å². The number of carbonyl (C=O) groups excluding carboxylic acids is 5. The summed E-state index contributed by atoms with van der Waals surface area (Å²) in [4.78, 5) is 71.2. The van der Waals surface area contributed by atoms with Crippen molar-refractivity contribution < 1.29 is 24.0 Å². The van der Waals surface area contributed by atoms with E-state index in [-0.39, 0.29) is 29.7 Å². The van der Waals surface area contributed by atoms with E-state index in [0.29, 0.717) is 64.8 Å². The van der Waals surface area contributed by atoms with Crippen LogP contribution in [0.25, 0.3) is 0 Å². The smallest absolute Gasteiger partial charge is 0.317 e. The van der Waals surface area contributed by atoms with Gasteiger partial charge in [0.2, 0.25) is 23.6 Å². The molecule has 1 spiro atoms. The van der Waals surface area contributed by atoms with Crippen LogP contribution in [0.3, 0.4) is 0 Å². The summed E-state index contributed by atoms with van der Waals surface area (Å²) in [5.74, 6) is -1.58. The molecule has 284 valence electrons. The molecule has 0 bridgehead atoms. The summed E-state index contributed by atoms with van der Waals surface area (Å²) in [6, 6.07) is 15.0. The SMILES string of the molecule is CNC(=O)N1CCC2(CCN(C(=O)C(CCCCN)NC(=O)C(CC(C)C)NC(=O)C(Cc3ccccc3)NC(=O)C(N)Cc3ccccc3)C2)C1. The van der Waals surface area contributed by atoms with Gasteiger partial charge in [-0.2, -0.15) is 0 Å². The average Bonchev–Trinajstić information content (AvgIpc) is 3.76. The van der Waals surface area contributed by atoms with Gasteiger partial charge in [0.25, 0.3) is 0 Å². The number of hydrogen-bond donors (Lipinski definition) is 6. The Hall–Kier alpha value is -4.49. The highest BCUT2D eigenvalue weighted by Crippen LogP contribution is 2.39. The second-order valence-corrected chi connectivity index (χ2v) is 14.8. The number of nitrogens with zero attached hydrogens (tertiary/aromatic N) is 2. The number of unbranched alkanes of at least 4 members (excludes halogenated alkanes) is 1. The Kier molecular flexibility index (Phi) is 15.0. The maximum atomic E-state index is 14.0. The van der Waals surface area contributed by atoms with E-state index in [1.165, 1.54) is 0 Å². The van der Waals surface area contributed by atoms with E-state index in [1.54, 1.807) is 16.8 Å². The molecule has 6 amide bonds. The van der Waals surface area contributed by atoms with E-state index in [9.17, 15) is 24.0 Å². The highest BCUT2D eigenvalue weighted by molar-refractivity contribution is 5.95. The van der Waals surface area contributed by atoms with Crippen LogP contribution in [0.4, 0.5) is 4.79 Å². The van der Waals surface area contributed by atoms with Gasteiger partial charge in [0, 0.05) is 45.1 Å². The van der Waals surface area contributed by atoms with Crippen molar-refractivity contribution in [1.82, 2.24) is 31.1 Å². The fraction of sp³-hybridized carbons (Fsp3) is 0.564. The molecule has 2 aromatic rings. The maximum Gasteiger partial charge on any atom is 0.317 e. The van der Waals surface area contributed by atoms with Crippen molar-refractivity contribution in [3.05, 3.63) is 71.8 Å². The number of amides is 6. The van der Waals surface area contributed by atoms with E-state index < -0.39 is 41.9 Å². The largest absolute Gasteiger partial charge is 0.343 e. The lowest BCUT2D eigenvalue weighted by molar-refractivity contribution is -0.137. The second kappa shape index (κ2) is 19.4. The first-order valence-corrected chi connectivity index (χ1v) is 18.6. The van der Waals surface area contributed by atoms with Gasteiger partial charge in [-0.15, -0.1) is 0 Å². The summed E-state index contributed by atoms with van der Waals surface area (Å²) in [5.41, 5.74) is 13.6. The lowest BCUT2D eigenvalue weighted by Crippen LogP contribution is -2.58. The molecule has 0 aromatic heterocycles. The molecular weight excluding hydrogens is 660 g/mol. The summed E-state index contributed by atoms with van der Waals surface area (Å²) in [6.07, 6.45) is 4.17. The number of likely N-dealkylation sites (tertiary alicyclic amines) is 2. The fourth-order valence-corrected chi connectivity index (χ4v) is 7.24. The van der Waals surface area contributed by atoms with Crippen molar-refractivity contribution in [2.75, 3.05) is 39.8 Å². The fourth-order valence-electron chi connectivity index (χ4n) is 7.24. The zero-order valence-electron chi connectivity index (χ0n) is 30.9.